The molecule has 0 heterocycles. The van der Waals surface area contributed by atoms with Gasteiger partial charge in [0.1, 0.15) is 5.75 Å². The Labute approximate surface area is 191 Å². The zero-order chi connectivity index (χ0) is 22.4. The molecule has 3 rings (SSSR count). The molecule has 1 amide bonds. The van der Waals surface area contributed by atoms with Gasteiger partial charge in [0, 0.05) is 15.7 Å². The SMILES string of the molecule is CCc1ccc(NC(=O)COc2ccc(S(=O)(=O)Nc3cc(Cl)cc(Cl)c3)cc2)cc1. The first-order valence-electron chi connectivity index (χ1n) is 9.36. The third-order valence-electron chi connectivity index (χ3n) is 4.26. The first-order valence-corrected chi connectivity index (χ1v) is 11.6. The van der Waals surface area contributed by atoms with Crippen LogP contribution in [0.5, 0.6) is 5.75 Å². The van der Waals surface area contributed by atoms with Crippen LogP contribution in [0, 0.1) is 0 Å². The standard InChI is InChI=1S/C22H20Cl2N2O4S/c1-2-15-3-5-18(6-4-15)25-22(27)14-30-20-7-9-21(10-8-20)31(28,29)26-19-12-16(23)11-17(24)13-19/h3-13,26H,2,14H2,1H3,(H,25,27). The summed E-state index contributed by atoms with van der Waals surface area (Å²) in [4.78, 5) is 12.1. The Morgan fingerprint density at radius 2 is 1.52 bits per heavy atom. The maximum absolute atomic E-state index is 12.5. The van der Waals surface area contributed by atoms with Crippen molar-refractivity contribution in [2.45, 2.75) is 18.2 Å². The van der Waals surface area contributed by atoms with Crippen LogP contribution in [0.15, 0.2) is 71.6 Å². The lowest BCUT2D eigenvalue weighted by atomic mass is 10.1. The summed E-state index contributed by atoms with van der Waals surface area (Å²) in [6.45, 7) is 1.85. The minimum Gasteiger partial charge on any atom is -0.484 e. The highest BCUT2D eigenvalue weighted by atomic mass is 35.5. The van der Waals surface area contributed by atoms with E-state index in [1.807, 2.05) is 24.3 Å². The highest BCUT2D eigenvalue weighted by Gasteiger charge is 2.15. The Kier molecular flexibility index (Phi) is 7.43. The van der Waals surface area contributed by atoms with Gasteiger partial charge in [0.15, 0.2) is 6.61 Å². The van der Waals surface area contributed by atoms with Gasteiger partial charge in [-0.2, -0.15) is 0 Å². The van der Waals surface area contributed by atoms with Crippen molar-refractivity contribution in [3.8, 4) is 5.75 Å². The monoisotopic (exact) mass is 478 g/mol. The van der Waals surface area contributed by atoms with Gasteiger partial charge in [0.05, 0.1) is 10.6 Å². The summed E-state index contributed by atoms with van der Waals surface area (Å²) in [5, 5.41) is 3.37. The van der Waals surface area contributed by atoms with E-state index < -0.39 is 10.0 Å². The van der Waals surface area contributed by atoms with Crippen LogP contribution in [-0.2, 0) is 21.2 Å². The van der Waals surface area contributed by atoms with Crippen molar-refractivity contribution in [1.29, 1.82) is 0 Å². The molecule has 0 bridgehead atoms. The molecule has 2 N–H and O–H groups in total. The second-order valence-corrected chi connectivity index (χ2v) is 9.18. The van der Waals surface area contributed by atoms with Crippen LogP contribution < -0.4 is 14.8 Å². The maximum Gasteiger partial charge on any atom is 0.262 e. The van der Waals surface area contributed by atoms with E-state index >= 15 is 0 Å². The van der Waals surface area contributed by atoms with E-state index in [0.29, 0.717) is 21.5 Å². The fourth-order valence-corrected chi connectivity index (χ4v) is 4.28. The smallest absolute Gasteiger partial charge is 0.262 e. The zero-order valence-corrected chi connectivity index (χ0v) is 18.9. The number of sulfonamides is 1. The predicted octanol–water partition coefficient (Wildman–Crippen LogP) is 5.37. The summed E-state index contributed by atoms with van der Waals surface area (Å²) in [6, 6.07) is 17.7. The highest BCUT2D eigenvalue weighted by Crippen LogP contribution is 2.25. The van der Waals surface area contributed by atoms with E-state index in [0.717, 1.165) is 6.42 Å². The molecule has 0 fully saturated rings. The summed E-state index contributed by atoms with van der Waals surface area (Å²) in [6.07, 6.45) is 0.922. The van der Waals surface area contributed by atoms with E-state index in [2.05, 4.69) is 17.0 Å². The van der Waals surface area contributed by atoms with Crippen molar-refractivity contribution in [3.05, 3.63) is 82.3 Å². The van der Waals surface area contributed by atoms with Crippen LogP contribution >= 0.6 is 23.2 Å². The lowest BCUT2D eigenvalue weighted by Gasteiger charge is -2.11. The molecule has 3 aromatic carbocycles. The van der Waals surface area contributed by atoms with Crippen molar-refractivity contribution >= 4 is 50.5 Å². The number of rotatable bonds is 8. The van der Waals surface area contributed by atoms with Gasteiger partial charge < -0.3 is 10.1 Å². The van der Waals surface area contributed by atoms with Crippen LogP contribution in [0.3, 0.4) is 0 Å². The molecule has 0 aliphatic heterocycles. The number of benzene rings is 3. The number of anilines is 2. The molecule has 0 aromatic heterocycles. The van der Waals surface area contributed by atoms with Crippen LogP contribution in [0.25, 0.3) is 0 Å². The molecule has 6 nitrogen and oxygen atoms in total. The molecule has 0 spiro atoms. The van der Waals surface area contributed by atoms with E-state index in [4.69, 9.17) is 27.9 Å². The average molecular weight is 479 g/mol. The Bertz CT molecular complexity index is 1140. The van der Waals surface area contributed by atoms with Gasteiger partial charge >= 0.3 is 0 Å². The number of aryl methyl sites for hydroxylation is 1. The Morgan fingerprint density at radius 1 is 0.903 bits per heavy atom. The Hall–Kier alpha value is -2.74. The van der Waals surface area contributed by atoms with Gasteiger partial charge in [-0.15, -0.1) is 0 Å². The number of hydrogen-bond acceptors (Lipinski definition) is 4. The van der Waals surface area contributed by atoms with Crippen molar-refractivity contribution in [3.63, 3.8) is 0 Å². The minimum absolute atomic E-state index is 0.0245. The molecule has 162 valence electrons. The van der Waals surface area contributed by atoms with Crippen LogP contribution in [0.1, 0.15) is 12.5 Å². The third kappa shape index (κ3) is 6.62. The third-order valence-corrected chi connectivity index (χ3v) is 6.10. The first-order chi connectivity index (χ1) is 14.7. The molecule has 0 unspecified atom stereocenters. The number of hydrogen-bond donors (Lipinski definition) is 2. The quantitative estimate of drug-likeness (QED) is 0.455. The molecular weight excluding hydrogens is 459 g/mol. The molecule has 9 heteroatoms. The molecule has 0 atom stereocenters. The topological polar surface area (TPSA) is 84.5 Å². The summed E-state index contributed by atoms with van der Waals surface area (Å²) in [5.41, 5.74) is 2.11. The van der Waals surface area contributed by atoms with Gasteiger partial charge in [0.25, 0.3) is 15.9 Å². The second-order valence-electron chi connectivity index (χ2n) is 6.62. The van der Waals surface area contributed by atoms with Gasteiger partial charge in [0.2, 0.25) is 0 Å². The summed E-state index contributed by atoms with van der Waals surface area (Å²) in [7, 11) is -3.84. The number of carbonyl (C=O) groups excluding carboxylic acids is 1. The lowest BCUT2D eigenvalue weighted by Crippen LogP contribution is -2.20. The van der Waals surface area contributed by atoms with Crippen molar-refractivity contribution in [2.24, 2.45) is 0 Å². The van der Waals surface area contributed by atoms with Gasteiger partial charge in [-0.3, -0.25) is 9.52 Å². The van der Waals surface area contributed by atoms with Crippen LogP contribution in [-0.4, -0.2) is 20.9 Å². The average Bonchev–Trinajstić information content (AvgIpc) is 2.72. The molecule has 0 radical (unpaired) electrons. The fourth-order valence-electron chi connectivity index (χ4n) is 2.71. The molecule has 0 saturated heterocycles. The van der Waals surface area contributed by atoms with E-state index in [9.17, 15) is 13.2 Å². The normalized spacial score (nSPS) is 11.1. The number of ether oxygens (including phenoxy) is 1. The first kappa shape index (κ1) is 22.9. The van der Waals surface area contributed by atoms with Crippen molar-refractivity contribution in [1.82, 2.24) is 0 Å². The minimum atomic E-state index is -3.84. The number of amides is 1. The number of halogens is 2. The molecule has 3 aromatic rings. The predicted molar refractivity (Wildman–Crippen MR) is 124 cm³/mol. The summed E-state index contributed by atoms with van der Waals surface area (Å²) in [5.74, 6) is 0.0432. The fraction of sp³-hybridized carbons (Fsp3) is 0.136. The van der Waals surface area contributed by atoms with Crippen LogP contribution in [0.2, 0.25) is 10.0 Å². The Balaban J connectivity index is 1.58. The molecular formula is C22H20Cl2N2O4S. The van der Waals surface area contributed by atoms with Crippen molar-refractivity contribution < 1.29 is 17.9 Å². The van der Waals surface area contributed by atoms with Gasteiger partial charge in [-0.25, -0.2) is 8.42 Å². The maximum atomic E-state index is 12.5. The molecule has 0 aliphatic carbocycles. The largest absolute Gasteiger partial charge is 0.484 e. The van der Waals surface area contributed by atoms with E-state index in [1.54, 1.807) is 0 Å². The second kappa shape index (κ2) is 10.0. The van der Waals surface area contributed by atoms with Gasteiger partial charge in [-0.1, -0.05) is 42.3 Å². The Morgan fingerprint density at radius 3 is 2.10 bits per heavy atom. The molecule has 0 saturated carbocycles. The van der Waals surface area contributed by atoms with Crippen LogP contribution in [0.4, 0.5) is 11.4 Å². The van der Waals surface area contributed by atoms with E-state index in [-0.39, 0.29) is 23.1 Å². The number of nitrogens with one attached hydrogen (secondary N) is 2. The molecule has 31 heavy (non-hydrogen) atoms. The number of carbonyl (C=O) groups is 1. The summed E-state index contributed by atoms with van der Waals surface area (Å²) < 4.78 is 33.0. The van der Waals surface area contributed by atoms with Crippen molar-refractivity contribution in [2.75, 3.05) is 16.6 Å². The van der Waals surface area contributed by atoms with E-state index in [1.165, 1.54) is 48.0 Å². The highest BCUT2D eigenvalue weighted by molar-refractivity contribution is 7.92. The molecule has 0 aliphatic rings. The van der Waals surface area contributed by atoms with Gasteiger partial charge in [-0.05, 0) is 66.6 Å². The zero-order valence-electron chi connectivity index (χ0n) is 16.6. The lowest BCUT2D eigenvalue weighted by molar-refractivity contribution is -0.118. The summed E-state index contributed by atoms with van der Waals surface area (Å²) >= 11 is 11.8.